The number of para-hydroxylation sites is 1. The largest absolute Gasteiger partial charge is 0.493 e. The summed E-state index contributed by atoms with van der Waals surface area (Å²) in [5.41, 5.74) is 1.64. The second-order valence-electron chi connectivity index (χ2n) is 7.48. The third-order valence-corrected chi connectivity index (χ3v) is 6.42. The Kier molecular flexibility index (Phi) is 4.56. The first-order valence-corrected chi connectivity index (χ1v) is 11.1. The van der Waals surface area contributed by atoms with Crippen LogP contribution in [0.25, 0.3) is 21.9 Å². The molecular weight excluding hydrogens is 376 g/mol. The minimum absolute atomic E-state index is 0.133. The number of sulfonamides is 1. The van der Waals surface area contributed by atoms with E-state index >= 15 is 0 Å². The quantitative estimate of drug-likeness (QED) is 0.721. The molecule has 1 N–H and O–H groups in total. The molecule has 2 aromatic carbocycles. The van der Waals surface area contributed by atoms with Crippen molar-refractivity contribution in [1.29, 1.82) is 5.26 Å². The van der Waals surface area contributed by atoms with Gasteiger partial charge in [-0.05, 0) is 43.4 Å². The van der Waals surface area contributed by atoms with Gasteiger partial charge in [0, 0.05) is 16.8 Å². The molecule has 1 aromatic heterocycles. The van der Waals surface area contributed by atoms with Crippen LogP contribution in [0.1, 0.15) is 31.2 Å². The van der Waals surface area contributed by atoms with E-state index in [1.54, 1.807) is 7.11 Å². The Bertz CT molecular complexity index is 1180. The predicted octanol–water partition coefficient (Wildman–Crippen LogP) is 3.85. The molecule has 3 aromatic rings. The molecule has 1 saturated carbocycles. The van der Waals surface area contributed by atoms with Gasteiger partial charge in [-0.15, -0.1) is 0 Å². The highest BCUT2D eigenvalue weighted by Crippen LogP contribution is 2.46. The zero-order valence-electron chi connectivity index (χ0n) is 15.9. The molecule has 1 heterocycles. The maximum Gasteiger partial charge on any atom is 0.208 e. The average Bonchev–Trinajstić information content (AvgIpc) is 3.07. The van der Waals surface area contributed by atoms with Gasteiger partial charge in [-0.1, -0.05) is 24.3 Å². The van der Waals surface area contributed by atoms with Gasteiger partial charge in [0.05, 0.1) is 24.8 Å². The third kappa shape index (κ3) is 3.13. The fourth-order valence-electron chi connectivity index (χ4n) is 4.34. The fourth-order valence-corrected chi connectivity index (χ4v) is 5.18. The molecule has 1 fully saturated rings. The van der Waals surface area contributed by atoms with E-state index in [4.69, 9.17) is 9.15 Å². The van der Waals surface area contributed by atoms with E-state index in [9.17, 15) is 13.7 Å². The van der Waals surface area contributed by atoms with Crippen LogP contribution in [0.4, 0.5) is 0 Å². The van der Waals surface area contributed by atoms with Crippen LogP contribution in [0.3, 0.4) is 0 Å². The first-order valence-electron chi connectivity index (χ1n) is 9.24. The van der Waals surface area contributed by atoms with Crippen LogP contribution in [-0.2, 0) is 15.4 Å². The number of nitrogens with one attached hydrogen (secondary N) is 1. The molecule has 6 nitrogen and oxygen atoms in total. The third-order valence-electron chi connectivity index (χ3n) is 5.66. The van der Waals surface area contributed by atoms with Gasteiger partial charge in [-0.3, -0.25) is 0 Å². The lowest BCUT2D eigenvalue weighted by Crippen LogP contribution is -2.41. The predicted molar refractivity (Wildman–Crippen MR) is 108 cm³/mol. The molecular formula is C21H22N2O4S. The van der Waals surface area contributed by atoms with Gasteiger partial charge in [0.15, 0.2) is 11.3 Å². The fraction of sp³-hybridized carbons (Fsp3) is 0.381. The van der Waals surface area contributed by atoms with E-state index in [2.05, 4.69) is 10.8 Å². The summed E-state index contributed by atoms with van der Waals surface area (Å²) >= 11 is 0. The highest BCUT2D eigenvalue weighted by molar-refractivity contribution is 7.88. The Morgan fingerprint density at radius 2 is 1.93 bits per heavy atom. The average molecular weight is 398 g/mol. The number of furan rings is 1. The van der Waals surface area contributed by atoms with E-state index in [1.807, 2.05) is 36.4 Å². The molecule has 1 aliphatic rings. The van der Waals surface area contributed by atoms with E-state index in [0.717, 1.165) is 21.9 Å². The highest BCUT2D eigenvalue weighted by atomic mass is 32.2. The second-order valence-corrected chi connectivity index (χ2v) is 9.26. The van der Waals surface area contributed by atoms with Gasteiger partial charge < -0.3 is 9.15 Å². The van der Waals surface area contributed by atoms with Crippen LogP contribution >= 0.6 is 0 Å². The molecule has 1 aliphatic carbocycles. The lowest BCUT2D eigenvalue weighted by atomic mass is 9.68. The van der Waals surface area contributed by atoms with Crippen LogP contribution in [0, 0.1) is 11.3 Å². The van der Waals surface area contributed by atoms with E-state index in [0.29, 0.717) is 37.0 Å². The van der Waals surface area contributed by atoms with Crippen LogP contribution < -0.4 is 9.46 Å². The summed E-state index contributed by atoms with van der Waals surface area (Å²) in [5.74, 6) is 0.635. The minimum Gasteiger partial charge on any atom is -0.493 e. The number of fused-ring (bicyclic) bond motifs is 3. The maximum atomic E-state index is 11.6. The standard InChI is InChI=1S/C21H22N2O4S/c1-26-18-8-7-16(19-15-5-3-4-6-17(15)27-20(18)19)21(13-22)11-9-14(10-12-21)23-28(2,24)25/h3-8,14,23H,9-12H2,1-2H3. The summed E-state index contributed by atoms with van der Waals surface area (Å²) in [4.78, 5) is 0. The number of methoxy groups -OCH3 is 1. The molecule has 0 radical (unpaired) electrons. The molecule has 146 valence electrons. The Hall–Kier alpha value is -2.56. The van der Waals surface area contributed by atoms with Crippen molar-refractivity contribution in [3.05, 3.63) is 42.0 Å². The summed E-state index contributed by atoms with van der Waals surface area (Å²) in [6, 6.07) is 14.0. The van der Waals surface area contributed by atoms with Crippen molar-refractivity contribution in [3.8, 4) is 11.8 Å². The van der Waals surface area contributed by atoms with E-state index < -0.39 is 15.4 Å². The SMILES string of the molecule is COc1ccc(C2(C#N)CCC(NS(C)(=O)=O)CC2)c2c1oc1ccccc12. The lowest BCUT2D eigenvalue weighted by molar-refractivity contribution is 0.319. The van der Waals surface area contributed by atoms with Gasteiger partial charge in [-0.2, -0.15) is 5.26 Å². The zero-order valence-corrected chi connectivity index (χ0v) is 16.7. The molecule has 0 unspecified atom stereocenters. The van der Waals surface area contributed by atoms with E-state index in [1.165, 1.54) is 6.26 Å². The number of hydrogen-bond acceptors (Lipinski definition) is 5. The topological polar surface area (TPSA) is 92.3 Å². The lowest BCUT2D eigenvalue weighted by Gasteiger charge is -2.35. The Morgan fingerprint density at radius 1 is 1.21 bits per heavy atom. The van der Waals surface area contributed by atoms with Crippen molar-refractivity contribution in [2.45, 2.75) is 37.1 Å². The van der Waals surface area contributed by atoms with Crippen molar-refractivity contribution in [3.63, 3.8) is 0 Å². The van der Waals surface area contributed by atoms with Crippen molar-refractivity contribution in [2.24, 2.45) is 0 Å². The zero-order chi connectivity index (χ0) is 19.9. The first kappa shape index (κ1) is 18.8. The second kappa shape index (κ2) is 6.80. The van der Waals surface area contributed by atoms with Crippen LogP contribution in [-0.4, -0.2) is 27.8 Å². The molecule has 4 rings (SSSR count). The van der Waals surface area contributed by atoms with Gasteiger partial charge in [0.2, 0.25) is 10.0 Å². The van der Waals surface area contributed by atoms with Crippen LogP contribution in [0.15, 0.2) is 40.8 Å². The minimum atomic E-state index is -3.26. The molecule has 7 heteroatoms. The van der Waals surface area contributed by atoms with Crippen molar-refractivity contribution < 1.29 is 17.6 Å². The molecule has 28 heavy (non-hydrogen) atoms. The number of benzene rings is 2. The Labute approximate surface area is 164 Å². The number of ether oxygens (including phenoxy) is 1. The number of hydrogen-bond donors (Lipinski definition) is 1. The maximum absolute atomic E-state index is 11.6. The molecule has 0 amide bonds. The highest BCUT2D eigenvalue weighted by Gasteiger charge is 2.40. The van der Waals surface area contributed by atoms with Crippen molar-refractivity contribution in [2.75, 3.05) is 13.4 Å². The summed E-state index contributed by atoms with van der Waals surface area (Å²) < 4.78 is 37.3. The number of rotatable bonds is 4. The smallest absolute Gasteiger partial charge is 0.208 e. The molecule has 0 aliphatic heterocycles. The molecule has 0 bridgehead atoms. The van der Waals surface area contributed by atoms with Crippen molar-refractivity contribution >= 4 is 32.0 Å². The van der Waals surface area contributed by atoms with Gasteiger partial charge in [0.25, 0.3) is 0 Å². The molecule has 0 atom stereocenters. The first-order chi connectivity index (χ1) is 13.4. The summed E-state index contributed by atoms with van der Waals surface area (Å²) in [6.45, 7) is 0. The van der Waals surface area contributed by atoms with Crippen molar-refractivity contribution in [1.82, 2.24) is 4.72 Å². The van der Waals surface area contributed by atoms with Crippen LogP contribution in [0.2, 0.25) is 0 Å². The number of nitrogens with zero attached hydrogens (tertiary/aromatic N) is 1. The number of nitriles is 1. The summed E-state index contributed by atoms with van der Waals surface area (Å²) in [5, 5.41) is 12.0. The molecule has 0 saturated heterocycles. The van der Waals surface area contributed by atoms with Crippen LogP contribution in [0.5, 0.6) is 5.75 Å². The monoisotopic (exact) mass is 398 g/mol. The normalized spacial score (nSPS) is 23.0. The summed E-state index contributed by atoms with van der Waals surface area (Å²) in [6.07, 6.45) is 3.56. The van der Waals surface area contributed by atoms with Gasteiger partial charge in [-0.25, -0.2) is 13.1 Å². The van der Waals surface area contributed by atoms with E-state index in [-0.39, 0.29) is 6.04 Å². The van der Waals surface area contributed by atoms with Gasteiger partial charge >= 0.3 is 0 Å². The summed E-state index contributed by atoms with van der Waals surface area (Å²) in [7, 11) is -1.66. The Balaban J connectivity index is 1.83. The molecule has 0 spiro atoms. The Morgan fingerprint density at radius 3 is 2.57 bits per heavy atom. The van der Waals surface area contributed by atoms with Gasteiger partial charge in [0.1, 0.15) is 5.58 Å².